The molecule has 3 atom stereocenters. The van der Waals surface area contributed by atoms with E-state index in [2.05, 4.69) is 12.2 Å². The summed E-state index contributed by atoms with van der Waals surface area (Å²) in [5, 5.41) is 22.0. The molecule has 0 saturated carbocycles. The van der Waals surface area contributed by atoms with Crippen molar-refractivity contribution in [1.82, 2.24) is 5.32 Å². The Bertz CT molecular complexity index is 399. The molecule has 1 amide bonds. The van der Waals surface area contributed by atoms with Crippen LogP contribution in [0.3, 0.4) is 0 Å². The fourth-order valence-electron chi connectivity index (χ4n) is 2.79. The lowest BCUT2D eigenvalue weighted by Crippen LogP contribution is -2.38. The normalized spacial score (nSPS) is 22.8. The third kappa shape index (κ3) is 13.9. The molecule has 0 aromatic carbocycles. The average Bonchev–Trinajstić information content (AvgIpc) is 2.71. The second kappa shape index (κ2) is 18.0. The lowest BCUT2D eigenvalue weighted by atomic mass is 10.0. The van der Waals surface area contributed by atoms with Gasteiger partial charge in [0.25, 0.3) is 0 Å². The van der Waals surface area contributed by atoms with E-state index in [1.807, 2.05) is 0 Å². The SMILES string of the molecule is CCCCNC(=O)COCCOCCOCCO[C@H]1CCCC[C@@H](O)[C@@H](CO)O1. The van der Waals surface area contributed by atoms with Crippen LogP contribution in [0.2, 0.25) is 0 Å². The molecule has 29 heavy (non-hydrogen) atoms. The molecule has 172 valence electrons. The summed E-state index contributed by atoms with van der Waals surface area (Å²) in [6.45, 7) is 5.01. The quantitative estimate of drug-likeness (QED) is 0.311. The molecule has 0 aliphatic carbocycles. The number of hydrogen-bond donors (Lipinski definition) is 3. The largest absolute Gasteiger partial charge is 0.394 e. The van der Waals surface area contributed by atoms with Crippen LogP contribution in [0.25, 0.3) is 0 Å². The van der Waals surface area contributed by atoms with Crippen LogP contribution in [0.4, 0.5) is 0 Å². The number of ether oxygens (including phenoxy) is 5. The second-order valence-electron chi connectivity index (χ2n) is 6.99. The summed E-state index contributed by atoms with van der Waals surface area (Å²) in [5.74, 6) is -0.102. The lowest BCUT2D eigenvalue weighted by molar-refractivity contribution is -0.213. The van der Waals surface area contributed by atoms with E-state index >= 15 is 0 Å². The average molecular weight is 422 g/mol. The van der Waals surface area contributed by atoms with Crippen LogP contribution in [-0.2, 0) is 28.5 Å². The highest BCUT2D eigenvalue weighted by Crippen LogP contribution is 2.19. The molecule has 0 radical (unpaired) electrons. The third-order valence-electron chi connectivity index (χ3n) is 4.49. The maximum absolute atomic E-state index is 11.4. The van der Waals surface area contributed by atoms with E-state index in [1.54, 1.807) is 0 Å². The van der Waals surface area contributed by atoms with Gasteiger partial charge in [0.15, 0.2) is 6.29 Å². The van der Waals surface area contributed by atoms with Crippen LogP contribution in [-0.4, -0.2) is 94.0 Å². The molecule has 1 aliphatic rings. The molecule has 1 rings (SSSR count). The van der Waals surface area contributed by atoms with Gasteiger partial charge in [-0.1, -0.05) is 19.8 Å². The van der Waals surface area contributed by atoms with Gasteiger partial charge in [0.1, 0.15) is 12.7 Å². The number of aliphatic hydroxyl groups is 2. The van der Waals surface area contributed by atoms with E-state index in [0.717, 1.165) is 32.1 Å². The molecule has 1 aliphatic heterocycles. The highest BCUT2D eigenvalue weighted by Gasteiger charge is 2.25. The van der Waals surface area contributed by atoms with Crippen molar-refractivity contribution in [3.63, 3.8) is 0 Å². The molecule has 1 fully saturated rings. The topological polar surface area (TPSA) is 116 Å². The highest BCUT2D eigenvalue weighted by molar-refractivity contribution is 5.77. The van der Waals surface area contributed by atoms with Gasteiger partial charge in [-0.25, -0.2) is 0 Å². The molecule has 9 heteroatoms. The molecule has 0 aromatic rings. The van der Waals surface area contributed by atoms with Gasteiger partial charge in [-0.05, 0) is 25.7 Å². The number of unbranched alkanes of at least 4 members (excludes halogenated alkanes) is 1. The van der Waals surface area contributed by atoms with E-state index in [4.69, 9.17) is 23.7 Å². The Hall–Kier alpha value is -0.810. The summed E-state index contributed by atoms with van der Waals surface area (Å²) in [6, 6.07) is 0. The summed E-state index contributed by atoms with van der Waals surface area (Å²) < 4.78 is 27.3. The molecule has 0 spiro atoms. The van der Waals surface area contributed by atoms with Crippen LogP contribution >= 0.6 is 0 Å². The van der Waals surface area contributed by atoms with Crippen molar-refractivity contribution in [2.45, 2.75) is 63.9 Å². The molecule has 0 bridgehead atoms. The zero-order valence-electron chi connectivity index (χ0n) is 17.7. The first-order valence-corrected chi connectivity index (χ1v) is 10.7. The summed E-state index contributed by atoms with van der Waals surface area (Å²) in [5.41, 5.74) is 0. The molecule has 1 heterocycles. The van der Waals surface area contributed by atoms with Crippen molar-refractivity contribution in [2.75, 3.05) is 59.4 Å². The molecule has 1 saturated heterocycles. The Balaban J connectivity index is 1.91. The number of hydrogen-bond acceptors (Lipinski definition) is 8. The zero-order valence-corrected chi connectivity index (χ0v) is 17.7. The monoisotopic (exact) mass is 421 g/mol. The van der Waals surface area contributed by atoms with Crippen LogP contribution in [0.1, 0.15) is 45.4 Å². The van der Waals surface area contributed by atoms with Crippen LogP contribution in [0.15, 0.2) is 0 Å². The standard InChI is InChI=1S/C20H39NO8/c1-2-3-8-21-19(24)16-27-12-11-25-9-10-26-13-14-28-20-7-5-4-6-17(23)18(15-22)29-20/h17-18,20,22-23H,2-16H2,1H3,(H,21,24)/t17-,18-,20-/m1/s1. The minimum absolute atomic E-state index is 0.0539. The van der Waals surface area contributed by atoms with Crippen molar-refractivity contribution in [2.24, 2.45) is 0 Å². The number of carbonyl (C=O) groups is 1. The molecule has 0 unspecified atom stereocenters. The summed E-state index contributed by atoms with van der Waals surface area (Å²) >= 11 is 0. The van der Waals surface area contributed by atoms with Gasteiger partial charge in [0, 0.05) is 6.54 Å². The Morgan fingerprint density at radius 3 is 2.38 bits per heavy atom. The van der Waals surface area contributed by atoms with Gasteiger partial charge in [-0.2, -0.15) is 0 Å². The minimum atomic E-state index is -0.654. The number of aliphatic hydroxyl groups excluding tert-OH is 2. The van der Waals surface area contributed by atoms with Crippen molar-refractivity contribution in [3.05, 3.63) is 0 Å². The van der Waals surface area contributed by atoms with Gasteiger partial charge in [0.05, 0.1) is 52.4 Å². The predicted octanol–water partition coefficient (Wildman–Crippen LogP) is 0.608. The van der Waals surface area contributed by atoms with Gasteiger partial charge in [0.2, 0.25) is 5.91 Å². The number of amides is 1. The van der Waals surface area contributed by atoms with Gasteiger partial charge in [-0.15, -0.1) is 0 Å². The second-order valence-corrected chi connectivity index (χ2v) is 6.99. The lowest BCUT2D eigenvalue weighted by Gasteiger charge is -2.29. The molecule has 0 aromatic heterocycles. The van der Waals surface area contributed by atoms with Crippen molar-refractivity contribution in [1.29, 1.82) is 0 Å². The Morgan fingerprint density at radius 2 is 1.69 bits per heavy atom. The fraction of sp³-hybridized carbons (Fsp3) is 0.950. The Labute approximate surface area is 174 Å². The smallest absolute Gasteiger partial charge is 0.245 e. The van der Waals surface area contributed by atoms with Crippen LogP contribution in [0.5, 0.6) is 0 Å². The van der Waals surface area contributed by atoms with E-state index in [0.29, 0.717) is 52.6 Å². The molecular weight excluding hydrogens is 382 g/mol. The van der Waals surface area contributed by atoms with E-state index in [-0.39, 0.29) is 19.1 Å². The summed E-state index contributed by atoms with van der Waals surface area (Å²) in [4.78, 5) is 11.4. The fourth-order valence-corrected chi connectivity index (χ4v) is 2.79. The summed E-state index contributed by atoms with van der Waals surface area (Å²) in [7, 11) is 0. The minimum Gasteiger partial charge on any atom is -0.394 e. The van der Waals surface area contributed by atoms with Gasteiger partial charge >= 0.3 is 0 Å². The van der Waals surface area contributed by atoms with Gasteiger partial charge < -0.3 is 39.2 Å². The number of nitrogens with one attached hydrogen (secondary N) is 1. The van der Waals surface area contributed by atoms with Crippen LogP contribution in [0, 0.1) is 0 Å². The molecule has 3 N–H and O–H groups in total. The molecule has 9 nitrogen and oxygen atoms in total. The van der Waals surface area contributed by atoms with E-state index in [1.165, 1.54) is 0 Å². The third-order valence-corrected chi connectivity index (χ3v) is 4.49. The van der Waals surface area contributed by atoms with Gasteiger partial charge in [-0.3, -0.25) is 4.79 Å². The van der Waals surface area contributed by atoms with Crippen molar-refractivity contribution >= 4 is 5.91 Å². The highest BCUT2D eigenvalue weighted by atomic mass is 16.7. The van der Waals surface area contributed by atoms with Crippen molar-refractivity contribution in [3.8, 4) is 0 Å². The first kappa shape index (κ1) is 26.2. The number of rotatable bonds is 16. The van der Waals surface area contributed by atoms with E-state index in [9.17, 15) is 15.0 Å². The van der Waals surface area contributed by atoms with Crippen LogP contribution < -0.4 is 5.32 Å². The van der Waals surface area contributed by atoms with Crippen molar-refractivity contribution < 1.29 is 38.7 Å². The Kier molecular flexibility index (Phi) is 16.3. The first-order valence-electron chi connectivity index (χ1n) is 10.7. The zero-order chi connectivity index (χ0) is 21.2. The maximum Gasteiger partial charge on any atom is 0.245 e. The first-order chi connectivity index (χ1) is 14.2. The molecular formula is C20H39NO8. The van der Waals surface area contributed by atoms with E-state index < -0.39 is 18.5 Å². The maximum atomic E-state index is 11.4. The predicted molar refractivity (Wildman–Crippen MR) is 107 cm³/mol. The number of carbonyl (C=O) groups excluding carboxylic acids is 1. The summed E-state index contributed by atoms with van der Waals surface area (Å²) in [6.07, 6.45) is 3.52. The Morgan fingerprint density at radius 1 is 1.03 bits per heavy atom.